The van der Waals surface area contributed by atoms with Crippen LogP contribution in [0, 0.1) is 11.8 Å². The van der Waals surface area contributed by atoms with Crippen LogP contribution >= 0.6 is 0 Å². The molecule has 0 spiro atoms. The highest BCUT2D eigenvalue weighted by Crippen LogP contribution is 2.29. The third-order valence-electron chi connectivity index (χ3n) is 4.69. The van der Waals surface area contributed by atoms with Crippen LogP contribution in [0.15, 0.2) is 0 Å². The number of nitrogens with zero attached hydrogens (tertiary/aromatic N) is 1. The van der Waals surface area contributed by atoms with Gasteiger partial charge in [-0.1, -0.05) is 26.7 Å². The summed E-state index contributed by atoms with van der Waals surface area (Å²) in [7, 11) is 0. The van der Waals surface area contributed by atoms with E-state index in [2.05, 4.69) is 19.2 Å². The third-order valence-corrected chi connectivity index (χ3v) is 4.69. The first-order valence-corrected chi connectivity index (χ1v) is 7.45. The molecule has 2 aliphatic rings. The molecule has 1 heterocycles. The van der Waals surface area contributed by atoms with Gasteiger partial charge in [-0.15, -0.1) is 0 Å². The fourth-order valence-corrected chi connectivity index (χ4v) is 3.04. The van der Waals surface area contributed by atoms with E-state index in [1.807, 2.05) is 0 Å². The molecule has 0 bridgehead atoms. The second kappa shape index (κ2) is 6.43. The summed E-state index contributed by atoms with van der Waals surface area (Å²) >= 11 is 0. The van der Waals surface area contributed by atoms with Crippen molar-refractivity contribution in [3.8, 4) is 0 Å². The number of hydrogen-bond donors (Lipinski definition) is 2. The topological polar surface area (TPSA) is 84.7 Å². The molecule has 4 atom stereocenters. The summed E-state index contributed by atoms with van der Waals surface area (Å²) in [6.45, 7) is 5.54. The van der Waals surface area contributed by atoms with Gasteiger partial charge in [-0.2, -0.15) is 0 Å². The van der Waals surface area contributed by atoms with Crippen molar-refractivity contribution >= 4 is 11.9 Å². The van der Waals surface area contributed by atoms with Gasteiger partial charge in [0.2, 0.25) is 5.91 Å². The first-order valence-electron chi connectivity index (χ1n) is 7.45. The van der Waals surface area contributed by atoms with Gasteiger partial charge in [0.25, 0.3) is 0 Å². The zero-order chi connectivity index (χ0) is 14.7. The number of primary amides is 1. The van der Waals surface area contributed by atoms with Crippen molar-refractivity contribution in [2.45, 2.75) is 45.3 Å². The average molecular weight is 283 g/mol. The van der Waals surface area contributed by atoms with Crippen molar-refractivity contribution in [1.82, 2.24) is 10.2 Å². The fraction of sp³-hybridized carbons (Fsp3) is 0.857. The van der Waals surface area contributed by atoms with Crippen LogP contribution in [0.1, 0.15) is 33.1 Å². The molecule has 3 amide bonds. The number of nitrogens with two attached hydrogens (primary N) is 1. The van der Waals surface area contributed by atoms with Gasteiger partial charge in [-0.05, 0) is 18.3 Å². The van der Waals surface area contributed by atoms with Gasteiger partial charge in [0.15, 0.2) is 6.10 Å². The highest BCUT2D eigenvalue weighted by molar-refractivity contribution is 5.81. The van der Waals surface area contributed by atoms with E-state index in [1.165, 1.54) is 6.42 Å². The molecule has 20 heavy (non-hydrogen) atoms. The molecule has 1 aliphatic carbocycles. The van der Waals surface area contributed by atoms with Crippen molar-refractivity contribution < 1.29 is 14.3 Å². The van der Waals surface area contributed by atoms with Gasteiger partial charge < -0.3 is 20.7 Å². The first kappa shape index (κ1) is 15.1. The van der Waals surface area contributed by atoms with Crippen LogP contribution in [0.3, 0.4) is 0 Å². The molecule has 0 aromatic carbocycles. The number of carbonyl (C=O) groups excluding carboxylic acids is 2. The summed E-state index contributed by atoms with van der Waals surface area (Å²) in [4.78, 5) is 25.1. The average Bonchev–Trinajstić information content (AvgIpc) is 2.44. The number of amides is 3. The lowest BCUT2D eigenvalue weighted by molar-refractivity contribution is -0.133. The number of hydrogen-bond acceptors (Lipinski definition) is 3. The van der Waals surface area contributed by atoms with E-state index in [-0.39, 0.29) is 18.6 Å². The lowest BCUT2D eigenvalue weighted by Crippen LogP contribution is -2.56. The van der Waals surface area contributed by atoms with Crippen LogP contribution in [0.4, 0.5) is 4.79 Å². The van der Waals surface area contributed by atoms with Gasteiger partial charge in [0.05, 0.1) is 13.2 Å². The number of urea groups is 1. The standard InChI is InChI=1S/C14H25N3O3/c1-9-4-3-5-11(10(9)2)16-14(19)17-6-7-20-12(8-17)13(15)18/h9-12H,3-8H2,1-2H3,(H2,15,18)(H,16,19). The molecule has 114 valence electrons. The Morgan fingerprint density at radius 2 is 2.05 bits per heavy atom. The second-order valence-electron chi connectivity index (χ2n) is 6.03. The van der Waals surface area contributed by atoms with E-state index in [4.69, 9.17) is 10.5 Å². The van der Waals surface area contributed by atoms with Crippen LogP contribution in [0.25, 0.3) is 0 Å². The second-order valence-corrected chi connectivity index (χ2v) is 6.03. The quantitative estimate of drug-likeness (QED) is 0.782. The molecule has 2 fully saturated rings. The Hall–Kier alpha value is -1.30. The number of rotatable bonds is 2. The zero-order valence-electron chi connectivity index (χ0n) is 12.3. The van der Waals surface area contributed by atoms with Gasteiger partial charge in [0.1, 0.15) is 0 Å². The SMILES string of the molecule is CC1CCCC(NC(=O)N2CCOC(C(N)=O)C2)C1C. The Kier molecular flexibility index (Phi) is 4.86. The number of nitrogens with one attached hydrogen (secondary N) is 1. The molecule has 2 rings (SSSR count). The summed E-state index contributed by atoms with van der Waals surface area (Å²) in [5.74, 6) is 0.611. The van der Waals surface area contributed by atoms with Crippen LogP contribution in [0.5, 0.6) is 0 Å². The van der Waals surface area contributed by atoms with E-state index >= 15 is 0 Å². The number of carbonyl (C=O) groups is 2. The molecule has 0 radical (unpaired) electrons. The highest BCUT2D eigenvalue weighted by Gasteiger charge is 2.32. The third kappa shape index (κ3) is 3.42. The predicted octanol–water partition coefficient (Wildman–Crippen LogP) is 0.707. The van der Waals surface area contributed by atoms with Gasteiger partial charge >= 0.3 is 6.03 Å². The maximum atomic E-state index is 12.3. The van der Waals surface area contributed by atoms with Gasteiger partial charge in [-0.25, -0.2) is 4.79 Å². The molecule has 6 heteroatoms. The number of ether oxygens (including phenoxy) is 1. The van der Waals surface area contributed by atoms with Crippen LogP contribution < -0.4 is 11.1 Å². The maximum absolute atomic E-state index is 12.3. The van der Waals surface area contributed by atoms with E-state index in [0.717, 1.165) is 12.8 Å². The van der Waals surface area contributed by atoms with Crippen molar-refractivity contribution in [2.24, 2.45) is 17.6 Å². The molecule has 6 nitrogen and oxygen atoms in total. The lowest BCUT2D eigenvalue weighted by Gasteiger charge is -2.37. The van der Waals surface area contributed by atoms with Crippen LogP contribution in [-0.2, 0) is 9.53 Å². The van der Waals surface area contributed by atoms with E-state index in [0.29, 0.717) is 25.0 Å². The molecule has 1 aliphatic heterocycles. The number of morpholine rings is 1. The maximum Gasteiger partial charge on any atom is 0.317 e. The highest BCUT2D eigenvalue weighted by atomic mass is 16.5. The normalized spacial score (nSPS) is 34.6. The predicted molar refractivity (Wildman–Crippen MR) is 75.0 cm³/mol. The van der Waals surface area contributed by atoms with Gasteiger partial charge in [0, 0.05) is 12.6 Å². The minimum absolute atomic E-state index is 0.106. The summed E-state index contributed by atoms with van der Waals surface area (Å²) in [5.41, 5.74) is 5.23. The molecule has 3 N–H and O–H groups in total. The van der Waals surface area contributed by atoms with Crippen LogP contribution in [0.2, 0.25) is 0 Å². The van der Waals surface area contributed by atoms with Crippen LogP contribution in [-0.4, -0.2) is 48.7 Å². The summed E-state index contributed by atoms with van der Waals surface area (Å²) in [5, 5.41) is 3.11. The first-order chi connectivity index (χ1) is 9.49. The molecule has 1 saturated heterocycles. The van der Waals surface area contributed by atoms with Gasteiger partial charge in [-0.3, -0.25) is 4.79 Å². The van der Waals surface area contributed by atoms with Crippen molar-refractivity contribution in [2.75, 3.05) is 19.7 Å². The molecule has 0 aromatic rings. The van der Waals surface area contributed by atoms with E-state index in [1.54, 1.807) is 4.90 Å². The van der Waals surface area contributed by atoms with Crippen molar-refractivity contribution in [3.05, 3.63) is 0 Å². The Morgan fingerprint density at radius 3 is 2.75 bits per heavy atom. The van der Waals surface area contributed by atoms with Crippen molar-refractivity contribution in [3.63, 3.8) is 0 Å². The molecular weight excluding hydrogens is 258 g/mol. The van der Waals surface area contributed by atoms with Crippen molar-refractivity contribution in [1.29, 1.82) is 0 Å². The van der Waals surface area contributed by atoms with E-state index in [9.17, 15) is 9.59 Å². The summed E-state index contributed by atoms with van der Waals surface area (Å²) in [6, 6.07) is 0.117. The lowest BCUT2D eigenvalue weighted by atomic mass is 9.78. The Labute approximate surface area is 120 Å². The largest absolute Gasteiger partial charge is 0.367 e. The Balaban J connectivity index is 1.89. The minimum Gasteiger partial charge on any atom is -0.367 e. The molecule has 0 aromatic heterocycles. The minimum atomic E-state index is -0.683. The molecular formula is C14H25N3O3. The monoisotopic (exact) mass is 283 g/mol. The van der Waals surface area contributed by atoms with E-state index < -0.39 is 12.0 Å². The Morgan fingerprint density at radius 1 is 1.30 bits per heavy atom. The molecule has 1 saturated carbocycles. The summed E-state index contributed by atoms with van der Waals surface area (Å²) < 4.78 is 5.25. The zero-order valence-corrected chi connectivity index (χ0v) is 12.3. The Bertz CT molecular complexity index is 375. The molecule has 4 unspecified atom stereocenters. The fourth-order valence-electron chi connectivity index (χ4n) is 3.04. The summed E-state index contributed by atoms with van der Waals surface area (Å²) in [6.07, 6.45) is 2.73. The smallest absolute Gasteiger partial charge is 0.317 e.